The number of amides is 1. The van der Waals surface area contributed by atoms with Crippen LogP contribution in [0.5, 0.6) is 0 Å². The second kappa shape index (κ2) is 7.41. The lowest BCUT2D eigenvalue weighted by atomic mass is 10.1. The summed E-state index contributed by atoms with van der Waals surface area (Å²) in [6, 6.07) is 8.17. The Kier molecular flexibility index (Phi) is 5.56. The zero-order chi connectivity index (χ0) is 14.4. The van der Waals surface area contributed by atoms with Gasteiger partial charge in [0.05, 0.1) is 0 Å². The molecule has 1 saturated heterocycles. The molecule has 4 nitrogen and oxygen atoms in total. The van der Waals surface area contributed by atoms with Crippen molar-refractivity contribution in [1.82, 2.24) is 4.90 Å². The second-order valence-electron chi connectivity index (χ2n) is 5.65. The Morgan fingerprint density at radius 1 is 1.30 bits per heavy atom. The molecular formula is C16H25N3O. The molecule has 20 heavy (non-hydrogen) atoms. The van der Waals surface area contributed by atoms with Crippen molar-refractivity contribution < 1.29 is 4.79 Å². The smallest absolute Gasteiger partial charge is 0.227 e. The molecule has 3 N–H and O–H groups in total. The number of likely N-dealkylation sites (tertiary alicyclic amines) is 1. The first kappa shape index (κ1) is 15.0. The SMILES string of the molecule is CC(CCN)C(=O)Nc1ccc(CN2CCCC2)cc1. The van der Waals surface area contributed by atoms with Crippen molar-refractivity contribution in [3.63, 3.8) is 0 Å². The van der Waals surface area contributed by atoms with Crippen molar-refractivity contribution in [2.75, 3.05) is 25.0 Å². The molecule has 1 atom stereocenters. The van der Waals surface area contributed by atoms with Crippen LogP contribution in [0.25, 0.3) is 0 Å². The van der Waals surface area contributed by atoms with Crippen LogP contribution in [0.3, 0.4) is 0 Å². The molecule has 1 fully saturated rings. The first-order chi connectivity index (χ1) is 9.69. The summed E-state index contributed by atoms with van der Waals surface area (Å²) in [7, 11) is 0. The highest BCUT2D eigenvalue weighted by Gasteiger charge is 2.13. The average Bonchev–Trinajstić information content (AvgIpc) is 2.94. The summed E-state index contributed by atoms with van der Waals surface area (Å²) in [5.41, 5.74) is 7.64. The Bertz CT molecular complexity index is 424. The van der Waals surface area contributed by atoms with E-state index in [-0.39, 0.29) is 11.8 Å². The molecular weight excluding hydrogens is 250 g/mol. The van der Waals surface area contributed by atoms with E-state index in [1.54, 1.807) is 0 Å². The van der Waals surface area contributed by atoms with Gasteiger partial charge >= 0.3 is 0 Å². The predicted octanol–water partition coefficient (Wildman–Crippen LogP) is 2.21. The van der Waals surface area contributed by atoms with Gasteiger partial charge in [0.1, 0.15) is 0 Å². The number of nitrogens with zero attached hydrogens (tertiary/aromatic N) is 1. The van der Waals surface area contributed by atoms with E-state index in [1.807, 2.05) is 19.1 Å². The standard InChI is InChI=1S/C16H25N3O/c1-13(8-9-17)16(20)18-15-6-4-14(5-7-15)12-19-10-2-3-11-19/h4-7,13H,2-3,8-12,17H2,1H3,(H,18,20). The molecule has 110 valence electrons. The number of carbonyl (C=O) groups excluding carboxylic acids is 1. The monoisotopic (exact) mass is 275 g/mol. The third-order valence-electron chi connectivity index (χ3n) is 3.87. The largest absolute Gasteiger partial charge is 0.330 e. The molecule has 1 unspecified atom stereocenters. The summed E-state index contributed by atoms with van der Waals surface area (Å²) in [6.07, 6.45) is 3.35. The maximum Gasteiger partial charge on any atom is 0.227 e. The topological polar surface area (TPSA) is 58.4 Å². The van der Waals surface area contributed by atoms with E-state index in [2.05, 4.69) is 22.3 Å². The van der Waals surface area contributed by atoms with E-state index in [4.69, 9.17) is 5.73 Å². The molecule has 1 aromatic rings. The summed E-state index contributed by atoms with van der Waals surface area (Å²) in [6.45, 7) is 5.87. The molecule has 2 rings (SSSR count). The van der Waals surface area contributed by atoms with Gasteiger partial charge in [-0.25, -0.2) is 0 Å². The minimum Gasteiger partial charge on any atom is -0.330 e. The van der Waals surface area contributed by atoms with Crippen LogP contribution in [0.4, 0.5) is 5.69 Å². The molecule has 0 bridgehead atoms. The van der Waals surface area contributed by atoms with Gasteiger partial charge < -0.3 is 11.1 Å². The van der Waals surface area contributed by atoms with Crippen LogP contribution in [0, 0.1) is 5.92 Å². The van der Waals surface area contributed by atoms with Gasteiger partial charge in [0, 0.05) is 18.2 Å². The highest BCUT2D eigenvalue weighted by atomic mass is 16.1. The minimum atomic E-state index is -0.0377. The maximum atomic E-state index is 11.9. The first-order valence-corrected chi connectivity index (χ1v) is 7.51. The minimum absolute atomic E-state index is 0.0377. The Labute approximate surface area is 121 Å². The van der Waals surface area contributed by atoms with Gasteiger partial charge in [-0.3, -0.25) is 9.69 Å². The average molecular weight is 275 g/mol. The van der Waals surface area contributed by atoms with E-state index in [9.17, 15) is 4.79 Å². The molecule has 1 heterocycles. The number of nitrogens with one attached hydrogen (secondary N) is 1. The Hall–Kier alpha value is -1.39. The molecule has 4 heteroatoms. The zero-order valence-corrected chi connectivity index (χ0v) is 12.3. The van der Waals surface area contributed by atoms with E-state index < -0.39 is 0 Å². The van der Waals surface area contributed by atoms with Crippen molar-refractivity contribution >= 4 is 11.6 Å². The number of nitrogens with two attached hydrogens (primary N) is 1. The molecule has 1 aromatic carbocycles. The molecule has 1 aliphatic heterocycles. The van der Waals surface area contributed by atoms with Gasteiger partial charge in [-0.1, -0.05) is 19.1 Å². The molecule has 0 aliphatic carbocycles. The van der Waals surface area contributed by atoms with Crippen LogP contribution in [0.1, 0.15) is 31.7 Å². The number of rotatable bonds is 6. The highest BCUT2D eigenvalue weighted by molar-refractivity contribution is 5.92. The molecule has 0 saturated carbocycles. The van der Waals surface area contributed by atoms with Gasteiger partial charge in [-0.05, 0) is 56.6 Å². The quantitative estimate of drug-likeness (QED) is 0.837. The predicted molar refractivity (Wildman–Crippen MR) is 82.4 cm³/mol. The van der Waals surface area contributed by atoms with Crippen LogP contribution in [-0.4, -0.2) is 30.4 Å². The summed E-state index contributed by atoms with van der Waals surface area (Å²) in [5, 5.41) is 2.94. The van der Waals surface area contributed by atoms with E-state index in [1.165, 1.54) is 31.5 Å². The molecule has 0 spiro atoms. The Morgan fingerprint density at radius 3 is 2.55 bits per heavy atom. The van der Waals surface area contributed by atoms with Crippen LogP contribution >= 0.6 is 0 Å². The normalized spacial score (nSPS) is 17.1. The fraction of sp³-hybridized carbons (Fsp3) is 0.562. The van der Waals surface area contributed by atoms with Crippen molar-refractivity contribution in [2.45, 2.75) is 32.7 Å². The number of hydrogen-bond acceptors (Lipinski definition) is 3. The van der Waals surface area contributed by atoms with Gasteiger partial charge in [-0.15, -0.1) is 0 Å². The molecule has 1 amide bonds. The summed E-state index contributed by atoms with van der Waals surface area (Å²) >= 11 is 0. The number of carbonyl (C=O) groups is 1. The van der Waals surface area contributed by atoms with Crippen molar-refractivity contribution in [1.29, 1.82) is 0 Å². The van der Waals surface area contributed by atoms with Crippen LogP contribution in [0.2, 0.25) is 0 Å². The number of hydrogen-bond donors (Lipinski definition) is 2. The lowest BCUT2D eigenvalue weighted by Crippen LogP contribution is -2.22. The first-order valence-electron chi connectivity index (χ1n) is 7.51. The van der Waals surface area contributed by atoms with Crippen molar-refractivity contribution in [3.05, 3.63) is 29.8 Å². The third kappa shape index (κ3) is 4.32. The lowest BCUT2D eigenvalue weighted by molar-refractivity contribution is -0.119. The van der Waals surface area contributed by atoms with Crippen LogP contribution in [-0.2, 0) is 11.3 Å². The molecule has 0 radical (unpaired) electrons. The van der Waals surface area contributed by atoms with Gasteiger partial charge in [-0.2, -0.15) is 0 Å². The van der Waals surface area contributed by atoms with Gasteiger partial charge in [0.15, 0.2) is 0 Å². The maximum absolute atomic E-state index is 11.9. The fourth-order valence-corrected chi connectivity index (χ4v) is 2.54. The van der Waals surface area contributed by atoms with Crippen molar-refractivity contribution in [2.24, 2.45) is 11.7 Å². The number of anilines is 1. The van der Waals surface area contributed by atoms with Crippen molar-refractivity contribution in [3.8, 4) is 0 Å². The Balaban J connectivity index is 1.86. The summed E-state index contributed by atoms with van der Waals surface area (Å²) in [4.78, 5) is 14.4. The van der Waals surface area contributed by atoms with E-state index >= 15 is 0 Å². The van der Waals surface area contributed by atoms with Gasteiger partial charge in [0.25, 0.3) is 0 Å². The fourth-order valence-electron chi connectivity index (χ4n) is 2.54. The molecule has 1 aliphatic rings. The highest BCUT2D eigenvalue weighted by Crippen LogP contribution is 2.16. The van der Waals surface area contributed by atoms with Gasteiger partial charge in [0.2, 0.25) is 5.91 Å². The van der Waals surface area contributed by atoms with E-state index in [0.29, 0.717) is 6.54 Å². The van der Waals surface area contributed by atoms with Crippen LogP contribution < -0.4 is 11.1 Å². The lowest BCUT2D eigenvalue weighted by Gasteiger charge is -2.15. The van der Waals surface area contributed by atoms with Crippen LogP contribution in [0.15, 0.2) is 24.3 Å². The summed E-state index contributed by atoms with van der Waals surface area (Å²) in [5.74, 6) is 0.00650. The Morgan fingerprint density at radius 2 is 1.95 bits per heavy atom. The molecule has 0 aromatic heterocycles. The van der Waals surface area contributed by atoms with E-state index in [0.717, 1.165) is 18.7 Å². The third-order valence-corrected chi connectivity index (χ3v) is 3.87. The summed E-state index contributed by atoms with van der Waals surface area (Å²) < 4.78 is 0. The number of benzene rings is 1. The zero-order valence-electron chi connectivity index (χ0n) is 12.3. The second-order valence-corrected chi connectivity index (χ2v) is 5.65.